The highest BCUT2D eigenvalue weighted by molar-refractivity contribution is 6.30. The van der Waals surface area contributed by atoms with Crippen molar-refractivity contribution in [1.82, 2.24) is 15.6 Å². The third-order valence-corrected chi connectivity index (χ3v) is 4.57. The Morgan fingerprint density at radius 2 is 1.93 bits per heavy atom. The van der Waals surface area contributed by atoms with Crippen molar-refractivity contribution >= 4 is 23.5 Å². The van der Waals surface area contributed by atoms with Crippen molar-refractivity contribution in [2.75, 3.05) is 5.43 Å². The first kappa shape index (κ1) is 17.4. The predicted octanol–water partition coefficient (Wildman–Crippen LogP) is 3.92. The molecule has 2 aromatic carbocycles. The van der Waals surface area contributed by atoms with Gasteiger partial charge in [0.05, 0.1) is 0 Å². The van der Waals surface area contributed by atoms with Gasteiger partial charge >= 0.3 is 6.01 Å². The molecule has 138 valence electrons. The SMILES string of the molecule is O=C(NNc1nc(-c2ccc(Cl)cc2)no1)[C@@H]1C[C@H]1c1ccc(F)c(F)c1. The van der Waals surface area contributed by atoms with Crippen LogP contribution in [0.25, 0.3) is 11.4 Å². The first-order chi connectivity index (χ1) is 13.0. The van der Waals surface area contributed by atoms with Crippen LogP contribution < -0.4 is 10.9 Å². The third kappa shape index (κ3) is 3.75. The van der Waals surface area contributed by atoms with Gasteiger partial charge in [0.1, 0.15) is 0 Å². The number of nitrogens with zero attached hydrogens (tertiary/aromatic N) is 2. The maximum atomic E-state index is 13.3. The maximum absolute atomic E-state index is 13.3. The maximum Gasteiger partial charge on any atom is 0.340 e. The Labute approximate surface area is 157 Å². The predicted molar refractivity (Wildman–Crippen MR) is 93.7 cm³/mol. The van der Waals surface area contributed by atoms with E-state index in [4.69, 9.17) is 16.1 Å². The highest BCUT2D eigenvalue weighted by atomic mass is 35.5. The number of nitrogens with one attached hydrogen (secondary N) is 2. The molecule has 4 rings (SSSR count). The molecule has 3 aromatic rings. The summed E-state index contributed by atoms with van der Waals surface area (Å²) in [5, 5.41) is 4.41. The fourth-order valence-corrected chi connectivity index (χ4v) is 2.92. The lowest BCUT2D eigenvalue weighted by Gasteiger charge is -2.04. The van der Waals surface area contributed by atoms with E-state index < -0.39 is 11.6 Å². The molecule has 2 N–H and O–H groups in total. The number of carbonyl (C=O) groups excluding carboxylic acids is 1. The number of halogens is 3. The number of hydrazine groups is 1. The molecule has 1 heterocycles. The van der Waals surface area contributed by atoms with Gasteiger partial charge in [0.15, 0.2) is 11.6 Å². The molecule has 27 heavy (non-hydrogen) atoms. The minimum atomic E-state index is -0.919. The van der Waals surface area contributed by atoms with Gasteiger partial charge in [0.2, 0.25) is 11.7 Å². The molecule has 0 saturated heterocycles. The van der Waals surface area contributed by atoms with Crippen LogP contribution in [-0.2, 0) is 4.79 Å². The van der Waals surface area contributed by atoms with Crippen LogP contribution in [0.15, 0.2) is 47.0 Å². The van der Waals surface area contributed by atoms with Crippen molar-refractivity contribution in [3.05, 3.63) is 64.7 Å². The van der Waals surface area contributed by atoms with E-state index in [1.807, 2.05) is 0 Å². The lowest BCUT2D eigenvalue weighted by molar-refractivity contribution is -0.121. The van der Waals surface area contributed by atoms with Crippen molar-refractivity contribution in [2.24, 2.45) is 5.92 Å². The molecule has 0 spiro atoms. The summed E-state index contributed by atoms with van der Waals surface area (Å²) in [5.41, 5.74) is 6.35. The van der Waals surface area contributed by atoms with E-state index in [0.29, 0.717) is 28.4 Å². The summed E-state index contributed by atoms with van der Waals surface area (Å²) in [7, 11) is 0. The molecular weight excluding hydrogens is 378 g/mol. The van der Waals surface area contributed by atoms with Gasteiger partial charge in [-0.25, -0.2) is 14.2 Å². The minimum absolute atomic E-state index is 0.0262. The van der Waals surface area contributed by atoms with E-state index in [1.54, 1.807) is 24.3 Å². The Balaban J connectivity index is 1.34. The molecule has 0 unspecified atom stereocenters. The summed E-state index contributed by atoms with van der Waals surface area (Å²) in [6.07, 6.45) is 0.554. The average Bonchev–Trinajstić information content (AvgIpc) is 3.33. The Hall–Kier alpha value is -3.00. The molecule has 1 fully saturated rings. The Morgan fingerprint density at radius 1 is 1.15 bits per heavy atom. The second-order valence-electron chi connectivity index (χ2n) is 6.17. The summed E-state index contributed by atoms with van der Waals surface area (Å²) in [6.45, 7) is 0. The van der Waals surface area contributed by atoms with Gasteiger partial charge in [-0.05, 0) is 54.3 Å². The Kier molecular flexibility index (Phi) is 4.49. The summed E-state index contributed by atoms with van der Waals surface area (Å²) in [6, 6.07) is 10.6. The molecule has 1 amide bonds. The fourth-order valence-electron chi connectivity index (χ4n) is 2.79. The summed E-state index contributed by atoms with van der Waals surface area (Å²) in [4.78, 5) is 16.3. The van der Waals surface area contributed by atoms with E-state index in [9.17, 15) is 13.6 Å². The van der Waals surface area contributed by atoms with E-state index >= 15 is 0 Å². The second kappa shape index (κ2) is 6.96. The molecule has 1 aromatic heterocycles. The molecule has 0 radical (unpaired) electrons. The summed E-state index contributed by atoms with van der Waals surface area (Å²) < 4.78 is 31.3. The first-order valence-electron chi connectivity index (χ1n) is 8.12. The molecule has 0 bridgehead atoms. The average molecular weight is 391 g/mol. The van der Waals surface area contributed by atoms with Crippen molar-refractivity contribution in [3.63, 3.8) is 0 Å². The van der Waals surface area contributed by atoms with Gasteiger partial charge < -0.3 is 4.52 Å². The zero-order chi connectivity index (χ0) is 19.0. The highest BCUT2D eigenvalue weighted by Gasteiger charge is 2.44. The lowest BCUT2D eigenvalue weighted by atomic mass is 10.1. The molecule has 0 aliphatic heterocycles. The van der Waals surface area contributed by atoms with Crippen molar-refractivity contribution in [2.45, 2.75) is 12.3 Å². The van der Waals surface area contributed by atoms with Gasteiger partial charge in [-0.15, -0.1) is 0 Å². The summed E-state index contributed by atoms with van der Waals surface area (Å²) in [5.74, 6) is -2.26. The second-order valence-corrected chi connectivity index (χ2v) is 6.60. The smallest absolute Gasteiger partial charge is 0.313 e. The first-order valence-corrected chi connectivity index (χ1v) is 8.49. The number of amides is 1. The number of hydrogen-bond acceptors (Lipinski definition) is 5. The van der Waals surface area contributed by atoms with Gasteiger partial charge in [0.25, 0.3) is 0 Å². The van der Waals surface area contributed by atoms with E-state index in [2.05, 4.69) is 21.0 Å². The molecule has 1 aliphatic rings. The van der Waals surface area contributed by atoms with Crippen LogP contribution in [0, 0.1) is 17.6 Å². The van der Waals surface area contributed by atoms with Gasteiger partial charge in [-0.1, -0.05) is 22.8 Å². The lowest BCUT2D eigenvalue weighted by Crippen LogP contribution is -2.31. The molecule has 9 heteroatoms. The van der Waals surface area contributed by atoms with Crippen LogP contribution in [0.2, 0.25) is 5.02 Å². The van der Waals surface area contributed by atoms with E-state index in [1.165, 1.54) is 6.07 Å². The molecule has 1 aliphatic carbocycles. The zero-order valence-electron chi connectivity index (χ0n) is 13.7. The fraction of sp³-hybridized carbons (Fsp3) is 0.167. The van der Waals surface area contributed by atoms with Crippen molar-refractivity contribution in [1.29, 1.82) is 0 Å². The molecular formula is C18H13ClF2N4O2. The van der Waals surface area contributed by atoms with Crippen LogP contribution in [0.5, 0.6) is 0 Å². The topological polar surface area (TPSA) is 80.0 Å². The van der Waals surface area contributed by atoms with Crippen LogP contribution in [-0.4, -0.2) is 16.0 Å². The van der Waals surface area contributed by atoms with Crippen molar-refractivity contribution in [3.8, 4) is 11.4 Å². The normalized spacial score (nSPS) is 18.2. The van der Waals surface area contributed by atoms with Crippen LogP contribution in [0.1, 0.15) is 17.9 Å². The Morgan fingerprint density at radius 3 is 2.67 bits per heavy atom. The minimum Gasteiger partial charge on any atom is -0.313 e. The number of hydrogen-bond donors (Lipinski definition) is 2. The van der Waals surface area contributed by atoms with E-state index in [-0.39, 0.29) is 23.8 Å². The number of rotatable bonds is 5. The number of carbonyl (C=O) groups is 1. The quantitative estimate of drug-likeness (QED) is 0.645. The highest BCUT2D eigenvalue weighted by Crippen LogP contribution is 2.47. The third-order valence-electron chi connectivity index (χ3n) is 4.32. The number of benzene rings is 2. The summed E-state index contributed by atoms with van der Waals surface area (Å²) >= 11 is 5.83. The van der Waals surface area contributed by atoms with Gasteiger partial charge in [0, 0.05) is 16.5 Å². The zero-order valence-corrected chi connectivity index (χ0v) is 14.5. The van der Waals surface area contributed by atoms with Crippen LogP contribution in [0.4, 0.5) is 14.8 Å². The van der Waals surface area contributed by atoms with Crippen LogP contribution >= 0.6 is 11.6 Å². The van der Waals surface area contributed by atoms with Gasteiger partial charge in [-0.3, -0.25) is 10.2 Å². The molecule has 2 atom stereocenters. The largest absolute Gasteiger partial charge is 0.340 e. The number of anilines is 1. The van der Waals surface area contributed by atoms with Gasteiger partial charge in [-0.2, -0.15) is 4.98 Å². The monoisotopic (exact) mass is 390 g/mol. The standard InChI is InChI=1S/C18H13ClF2N4O2/c19-11-4-1-9(2-5-11)16-22-18(27-25-16)24-23-17(26)13-8-12(13)10-3-6-14(20)15(21)7-10/h1-7,12-13H,8H2,(H,23,26)(H,22,24,25)/t12-,13+/m0/s1. The molecule has 1 saturated carbocycles. The number of aromatic nitrogens is 2. The van der Waals surface area contributed by atoms with E-state index in [0.717, 1.165) is 12.1 Å². The molecule has 6 nitrogen and oxygen atoms in total. The van der Waals surface area contributed by atoms with Crippen molar-refractivity contribution < 1.29 is 18.1 Å². The Bertz CT molecular complexity index is 993. The van der Waals surface area contributed by atoms with Crippen LogP contribution in [0.3, 0.4) is 0 Å².